The van der Waals surface area contributed by atoms with Gasteiger partial charge in [0.05, 0.1) is 12.0 Å². The molecule has 1 heterocycles. The number of nitrogens with zero attached hydrogens (tertiary/aromatic N) is 4. The van der Waals surface area contributed by atoms with E-state index in [9.17, 15) is 4.79 Å². The van der Waals surface area contributed by atoms with Gasteiger partial charge in [-0.2, -0.15) is 5.10 Å². The standard InChI is InChI=1S/C34H33N5O2S/c1-34(2,3)28-19-17-27(18-20-28)32-37-38-33(39(32)29-14-8-5-9-15-29)42-24-31(40)36-35-22-26-13-10-16-30(21-26)41-23-25-11-6-4-7-12-25/h4-22H,23-24H2,1-3H3,(H,36,40)/b35-22-. The summed E-state index contributed by atoms with van der Waals surface area (Å²) in [4.78, 5) is 12.7. The van der Waals surface area contributed by atoms with Gasteiger partial charge in [0, 0.05) is 11.3 Å². The Kier molecular flexibility index (Phi) is 9.14. The Labute approximate surface area is 250 Å². The highest BCUT2D eigenvalue weighted by atomic mass is 32.2. The Balaban J connectivity index is 1.23. The van der Waals surface area contributed by atoms with E-state index in [0.29, 0.717) is 11.8 Å². The smallest absolute Gasteiger partial charge is 0.250 e. The molecule has 0 radical (unpaired) electrons. The summed E-state index contributed by atoms with van der Waals surface area (Å²) in [6.07, 6.45) is 1.60. The molecule has 212 valence electrons. The van der Waals surface area contributed by atoms with E-state index in [2.05, 4.69) is 65.8 Å². The average Bonchev–Trinajstić information content (AvgIpc) is 3.44. The fourth-order valence-corrected chi connectivity index (χ4v) is 4.99. The van der Waals surface area contributed by atoms with Gasteiger partial charge < -0.3 is 4.74 Å². The first-order valence-electron chi connectivity index (χ1n) is 13.7. The van der Waals surface area contributed by atoms with E-state index in [-0.39, 0.29) is 17.1 Å². The number of hydrogen-bond donors (Lipinski definition) is 1. The van der Waals surface area contributed by atoms with E-state index in [1.54, 1.807) is 6.21 Å². The predicted octanol–water partition coefficient (Wildman–Crippen LogP) is 7.05. The molecule has 0 atom stereocenters. The minimum atomic E-state index is -0.244. The summed E-state index contributed by atoms with van der Waals surface area (Å²) in [7, 11) is 0. The SMILES string of the molecule is CC(C)(C)c1ccc(-c2nnc(SCC(=O)N/N=C\c3cccc(OCc4ccccc4)c3)n2-c2ccccc2)cc1. The molecule has 1 N–H and O–H groups in total. The van der Waals surface area contributed by atoms with Crippen molar-refractivity contribution in [3.8, 4) is 22.8 Å². The normalized spacial score (nSPS) is 11.5. The molecule has 0 saturated heterocycles. The molecule has 0 spiro atoms. The van der Waals surface area contributed by atoms with Crippen LogP contribution in [0.4, 0.5) is 0 Å². The minimum absolute atomic E-state index is 0.0570. The molecule has 0 saturated carbocycles. The fraction of sp³-hybridized carbons (Fsp3) is 0.176. The van der Waals surface area contributed by atoms with Crippen molar-refractivity contribution in [2.75, 3.05) is 5.75 Å². The summed E-state index contributed by atoms with van der Waals surface area (Å²) in [5.41, 5.74) is 7.70. The number of benzene rings is 4. The van der Waals surface area contributed by atoms with E-state index >= 15 is 0 Å². The van der Waals surface area contributed by atoms with Gasteiger partial charge in [-0.15, -0.1) is 10.2 Å². The number of hydrazone groups is 1. The summed E-state index contributed by atoms with van der Waals surface area (Å²) in [5.74, 6) is 1.34. The van der Waals surface area contributed by atoms with Gasteiger partial charge in [0.15, 0.2) is 11.0 Å². The van der Waals surface area contributed by atoms with Crippen molar-refractivity contribution < 1.29 is 9.53 Å². The molecule has 0 fully saturated rings. The van der Waals surface area contributed by atoms with Gasteiger partial charge >= 0.3 is 0 Å². The van der Waals surface area contributed by atoms with Crippen molar-refractivity contribution in [1.82, 2.24) is 20.2 Å². The molecule has 7 nitrogen and oxygen atoms in total. The molecular weight excluding hydrogens is 542 g/mol. The van der Waals surface area contributed by atoms with Crippen molar-refractivity contribution in [2.24, 2.45) is 5.10 Å². The lowest BCUT2D eigenvalue weighted by Crippen LogP contribution is -2.20. The molecule has 0 aliphatic carbocycles. The van der Waals surface area contributed by atoms with Crippen LogP contribution in [-0.4, -0.2) is 32.6 Å². The first kappa shape index (κ1) is 28.8. The maximum Gasteiger partial charge on any atom is 0.250 e. The molecule has 1 amide bonds. The van der Waals surface area contributed by atoms with Gasteiger partial charge in [0.1, 0.15) is 12.4 Å². The lowest BCUT2D eigenvalue weighted by molar-refractivity contribution is -0.118. The van der Waals surface area contributed by atoms with Gasteiger partial charge in [-0.3, -0.25) is 9.36 Å². The number of para-hydroxylation sites is 1. The average molecular weight is 576 g/mol. The quantitative estimate of drug-likeness (QED) is 0.110. The Morgan fingerprint density at radius 1 is 0.905 bits per heavy atom. The maximum absolute atomic E-state index is 12.7. The zero-order chi connectivity index (χ0) is 29.4. The highest BCUT2D eigenvalue weighted by Gasteiger charge is 2.19. The Bertz CT molecular complexity index is 1640. The second-order valence-electron chi connectivity index (χ2n) is 10.7. The number of thioether (sulfide) groups is 1. The molecule has 5 aromatic rings. The van der Waals surface area contributed by atoms with Crippen LogP contribution in [0.5, 0.6) is 5.75 Å². The number of ether oxygens (including phenoxy) is 1. The lowest BCUT2D eigenvalue weighted by atomic mass is 9.87. The molecule has 1 aromatic heterocycles. The second kappa shape index (κ2) is 13.3. The Morgan fingerprint density at radius 3 is 2.33 bits per heavy atom. The van der Waals surface area contributed by atoms with Crippen molar-refractivity contribution in [2.45, 2.75) is 37.9 Å². The number of carbonyl (C=O) groups is 1. The van der Waals surface area contributed by atoms with Gasteiger partial charge in [0.25, 0.3) is 5.91 Å². The predicted molar refractivity (Wildman–Crippen MR) is 169 cm³/mol. The van der Waals surface area contributed by atoms with Crippen LogP contribution in [0.2, 0.25) is 0 Å². The molecular formula is C34H33N5O2S. The molecule has 8 heteroatoms. The molecule has 0 aliphatic heterocycles. The van der Waals surface area contributed by atoms with Gasteiger partial charge in [0.2, 0.25) is 0 Å². The number of rotatable bonds is 10. The van der Waals surface area contributed by atoms with E-state index in [4.69, 9.17) is 4.74 Å². The van der Waals surface area contributed by atoms with E-state index in [1.807, 2.05) is 89.5 Å². The second-order valence-corrected chi connectivity index (χ2v) is 11.7. The molecule has 4 aromatic carbocycles. The number of hydrogen-bond acceptors (Lipinski definition) is 6. The van der Waals surface area contributed by atoms with Crippen LogP contribution in [0, 0.1) is 0 Å². The fourth-order valence-electron chi connectivity index (χ4n) is 4.25. The monoisotopic (exact) mass is 575 g/mol. The number of nitrogens with one attached hydrogen (secondary N) is 1. The topological polar surface area (TPSA) is 81.4 Å². The Morgan fingerprint density at radius 2 is 1.62 bits per heavy atom. The van der Waals surface area contributed by atoms with E-state index < -0.39 is 0 Å². The van der Waals surface area contributed by atoms with Crippen LogP contribution < -0.4 is 10.2 Å². The first-order chi connectivity index (χ1) is 20.4. The van der Waals surface area contributed by atoms with Gasteiger partial charge in [-0.05, 0) is 46.4 Å². The van der Waals surface area contributed by atoms with Gasteiger partial charge in [-0.1, -0.05) is 117 Å². The van der Waals surface area contributed by atoms with Gasteiger partial charge in [-0.25, -0.2) is 5.43 Å². The van der Waals surface area contributed by atoms with Crippen molar-refractivity contribution in [1.29, 1.82) is 0 Å². The van der Waals surface area contributed by atoms with E-state index in [1.165, 1.54) is 17.3 Å². The van der Waals surface area contributed by atoms with Crippen molar-refractivity contribution in [3.63, 3.8) is 0 Å². The number of carbonyl (C=O) groups excluding carboxylic acids is 1. The molecule has 0 bridgehead atoms. The number of aromatic nitrogens is 3. The molecule has 0 unspecified atom stereocenters. The molecule has 0 aliphatic rings. The van der Waals surface area contributed by atoms with E-state index in [0.717, 1.165) is 34.0 Å². The minimum Gasteiger partial charge on any atom is -0.489 e. The zero-order valence-electron chi connectivity index (χ0n) is 23.9. The summed E-state index contributed by atoms with van der Waals surface area (Å²) < 4.78 is 7.86. The summed E-state index contributed by atoms with van der Waals surface area (Å²) in [5, 5.41) is 13.7. The molecule has 5 rings (SSSR count). The van der Waals surface area contributed by atoms with Crippen LogP contribution in [0.3, 0.4) is 0 Å². The highest BCUT2D eigenvalue weighted by molar-refractivity contribution is 7.99. The van der Waals surface area contributed by atoms with Crippen LogP contribution in [-0.2, 0) is 16.8 Å². The Hall–Kier alpha value is -4.69. The molecule has 42 heavy (non-hydrogen) atoms. The van der Waals surface area contributed by atoms with Crippen LogP contribution in [0.1, 0.15) is 37.5 Å². The van der Waals surface area contributed by atoms with Crippen molar-refractivity contribution >= 4 is 23.9 Å². The highest BCUT2D eigenvalue weighted by Crippen LogP contribution is 2.30. The van der Waals surface area contributed by atoms with Crippen LogP contribution in [0.15, 0.2) is 119 Å². The third-order valence-electron chi connectivity index (χ3n) is 6.50. The lowest BCUT2D eigenvalue weighted by Gasteiger charge is -2.19. The first-order valence-corrected chi connectivity index (χ1v) is 14.7. The third-order valence-corrected chi connectivity index (χ3v) is 7.43. The van der Waals surface area contributed by atoms with Crippen molar-refractivity contribution in [3.05, 3.63) is 126 Å². The zero-order valence-corrected chi connectivity index (χ0v) is 24.7. The third kappa shape index (κ3) is 7.53. The maximum atomic E-state index is 12.7. The number of amides is 1. The summed E-state index contributed by atoms with van der Waals surface area (Å²) >= 11 is 1.31. The van der Waals surface area contributed by atoms with Crippen LogP contribution >= 0.6 is 11.8 Å². The largest absolute Gasteiger partial charge is 0.489 e. The van der Waals surface area contributed by atoms with Crippen LogP contribution in [0.25, 0.3) is 17.1 Å². The summed E-state index contributed by atoms with van der Waals surface area (Å²) in [6.45, 7) is 7.05. The summed E-state index contributed by atoms with van der Waals surface area (Å²) in [6, 6.07) is 35.9.